The summed E-state index contributed by atoms with van der Waals surface area (Å²) in [5.41, 5.74) is 1.42. The van der Waals surface area contributed by atoms with Crippen LogP contribution in [0.15, 0.2) is 23.1 Å². The Hall–Kier alpha value is -1.60. The number of H-pyrrole nitrogens is 1. The topological polar surface area (TPSA) is 84.1 Å². The molecule has 1 aromatic carbocycles. The number of methoxy groups -OCH3 is 1. The highest BCUT2D eigenvalue weighted by Crippen LogP contribution is 2.19. The van der Waals surface area contributed by atoms with Crippen LogP contribution in [0.3, 0.4) is 0 Å². The number of ether oxygens (including phenoxy) is 1. The van der Waals surface area contributed by atoms with Crippen molar-refractivity contribution in [2.75, 3.05) is 18.2 Å². The number of aromatic nitrogens is 2. The highest BCUT2D eigenvalue weighted by Gasteiger charge is 2.10. The quantitative estimate of drug-likeness (QED) is 0.902. The van der Waals surface area contributed by atoms with E-state index in [1.54, 1.807) is 18.2 Å². The Balaban J connectivity index is 0.00000220. The molecule has 1 aromatic heterocycles. The first-order valence-corrected chi connectivity index (χ1v) is 7.54. The average Bonchev–Trinajstić information content (AvgIpc) is 2.78. The lowest BCUT2D eigenvalue weighted by Gasteiger charge is -2.04. The predicted octanol–water partition coefficient (Wildman–Crippen LogP) is 2.93. The minimum absolute atomic E-state index is 0. The highest BCUT2D eigenvalue weighted by molar-refractivity contribution is 7.85. The molecular formula is C13H18ClN3O3S. The summed E-state index contributed by atoms with van der Waals surface area (Å²) >= 11 is 0. The number of nitrogens with zero attached hydrogens (tertiary/aromatic N) is 1. The van der Waals surface area contributed by atoms with Gasteiger partial charge in [-0.3, -0.25) is 9.53 Å². The van der Waals surface area contributed by atoms with Crippen LogP contribution in [-0.4, -0.2) is 33.1 Å². The summed E-state index contributed by atoms with van der Waals surface area (Å²) in [6.07, 6.45) is -0.590. The van der Waals surface area contributed by atoms with Gasteiger partial charge in [-0.1, -0.05) is 13.8 Å². The van der Waals surface area contributed by atoms with Crippen LogP contribution in [0.1, 0.15) is 13.8 Å². The number of carbonyl (C=O) groups excluding carboxylic acids is 1. The summed E-state index contributed by atoms with van der Waals surface area (Å²) in [6, 6.07) is 5.37. The van der Waals surface area contributed by atoms with E-state index in [9.17, 15) is 9.00 Å². The standard InChI is InChI=1S/C13H17N3O3S.ClH/c1-8(2)7-20(18)9-4-5-10-11(6-9)15-12(14-10)16-13(17)19-3;/h4-6,8H,7H2,1-3H3,(H2,14,15,16,17);1H. The molecule has 0 fully saturated rings. The van der Waals surface area contributed by atoms with Crippen molar-refractivity contribution in [3.05, 3.63) is 18.2 Å². The third-order valence-electron chi connectivity index (χ3n) is 2.61. The number of nitrogens with one attached hydrogen (secondary N) is 2. The number of rotatable bonds is 4. The zero-order valence-corrected chi connectivity index (χ0v) is 13.6. The van der Waals surface area contributed by atoms with E-state index in [0.29, 0.717) is 23.1 Å². The maximum absolute atomic E-state index is 12.1. The molecule has 8 heteroatoms. The Morgan fingerprint density at radius 2 is 2.19 bits per heavy atom. The Morgan fingerprint density at radius 3 is 2.81 bits per heavy atom. The highest BCUT2D eigenvalue weighted by atomic mass is 35.5. The van der Waals surface area contributed by atoms with Crippen molar-refractivity contribution in [2.45, 2.75) is 18.7 Å². The summed E-state index contributed by atoms with van der Waals surface area (Å²) in [6.45, 7) is 4.07. The number of hydrogen-bond acceptors (Lipinski definition) is 4. The van der Waals surface area contributed by atoms with Crippen molar-refractivity contribution < 1.29 is 13.7 Å². The van der Waals surface area contributed by atoms with E-state index in [1.807, 2.05) is 13.8 Å². The smallest absolute Gasteiger partial charge is 0.413 e. The number of anilines is 1. The lowest BCUT2D eigenvalue weighted by atomic mass is 10.3. The Labute approximate surface area is 131 Å². The number of carbonyl (C=O) groups is 1. The molecule has 6 nitrogen and oxygen atoms in total. The van der Waals surface area contributed by atoms with Crippen LogP contribution in [0, 0.1) is 5.92 Å². The third-order valence-corrected chi connectivity index (χ3v) is 4.36. The molecule has 21 heavy (non-hydrogen) atoms. The SMILES string of the molecule is COC(=O)Nc1nc2ccc(S(=O)CC(C)C)cc2[nH]1.Cl. The molecule has 0 radical (unpaired) electrons. The average molecular weight is 332 g/mol. The summed E-state index contributed by atoms with van der Waals surface area (Å²) in [4.78, 5) is 19.0. The number of halogens is 1. The van der Waals surface area contributed by atoms with Gasteiger partial charge >= 0.3 is 6.09 Å². The maximum atomic E-state index is 12.1. The molecule has 1 amide bonds. The fraction of sp³-hybridized carbons (Fsp3) is 0.385. The van der Waals surface area contributed by atoms with Crippen LogP contribution in [0.25, 0.3) is 11.0 Å². The first-order chi connectivity index (χ1) is 9.49. The Morgan fingerprint density at radius 1 is 1.48 bits per heavy atom. The molecule has 2 N–H and O–H groups in total. The molecule has 2 rings (SSSR count). The van der Waals surface area contributed by atoms with E-state index in [0.717, 1.165) is 10.4 Å². The molecule has 1 atom stereocenters. The van der Waals surface area contributed by atoms with Gasteiger partial charge in [0.25, 0.3) is 0 Å². The van der Waals surface area contributed by atoms with Gasteiger partial charge in [0.1, 0.15) is 0 Å². The number of benzene rings is 1. The number of fused-ring (bicyclic) bond motifs is 1. The van der Waals surface area contributed by atoms with Gasteiger partial charge in [-0.05, 0) is 24.1 Å². The zero-order valence-electron chi connectivity index (χ0n) is 12.0. The van der Waals surface area contributed by atoms with E-state index in [2.05, 4.69) is 20.0 Å². The number of amides is 1. The molecular weight excluding hydrogens is 314 g/mol. The van der Waals surface area contributed by atoms with Crippen LogP contribution < -0.4 is 5.32 Å². The van der Waals surface area contributed by atoms with E-state index in [-0.39, 0.29) is 12.4 Å². The molecule has 116 valence electrons. The monoisotopic (exact) mass is 331 g/mol. The molecule has 0 aliphatic rings. The van der Waals surface area contributed by atoms with Crippen LogP contribution in [0.2, 0.25) is 0 Å². The van der Waals surface area contributed by atoms with Crippen molar-refractivity contribution in [3.63, 3.8) is 0 Å². The van der Waals surface area contributed by atoms with Crippen molar-refractivity contribution in [1.29, 1.82) is 0 Å². The van der Waals surface area contributed by atoms with Crippen LogP contribution in [-0.2, 0) is 15.5 Å². The molecule has 0 saturated carbocycles. The van der Waals surface area contributed by atoms with Crippen LogP contribution in [0.5, 0.6) is 0 Å². The van der Waals surface area contributed by atoms with E-state index in [4.69, 9.17) is 0 Å². The second-order valence-electron chi connectivity index (χ2n) is 4.79. The van der Waals surface area contributed by atoms with Gasteiger partial charge in [0, 0.05) is 10.6 Å². The molecule has 0 aliphatic heterocycles. The first kappa shape index (κ1) is 17.5. The van der Waals surface area contributed by atoms with Gasteiger partial charge in [0.15, 0.2) is 0 Å². The fourth-order valence-corrected chi connectivity index (χ4v) is 3.00. The minimum atomic E-state index is -1.03. The van der Waals surface area contributed by atoms with Crippen molar-refractivity contribution >= 4 is 46.3 Å². The van der Waals surface area contributed by atoms with E-state index in [1.165, 1.54) is 7.11 Å². The summed E-state index contributed by atoms with van der Waals surface area (Å²) < 4.78 is 16.6. The molecule has 1 unspecified atom stereocenters. The van der Waals surface area contributed by atoms with Crippen molar-refractivity contribution in [2.24, 2.45) is 5.92 Å². The largest absolute Gasteiger partial charge is 0.453 e. The number of aromatic amines is 1. The maximum Gasteiger partial charge on any atom is 0.413 e. The van der Waals surface area contributed by atoms with Crippen molar-refractivity contribution in [3.8, 4) is 0 Å². The second kappa shape index (κ2) is 7.42. The van der Waals surface area contributed by atoms with Gasteiger partial charge in [-0.15, -0.1) is 12.4 Å². The lowest BCUT2D eigenvalue weighted by Crippen LogP contribution is -2.11. The fourth-order valence-electron chi connectivity index (χ4n) is 1.74. The van der Waals surface area contributed by atoms with Gasteiger partial charge < -0.3 is 9.72 Å². The molecule has 1 heterocycles. The molecule has 0 saturated heterocycles. The van der Waals surface area contributed by atoms with Gasteiger partial charge in [-0.2, -0.15) is 0 Å². The molecule has 0 bridgehead atoms. The van der Waals surface area contributed by atoms with Crippen molar-refractivity contribution in [1.82, 2.24) is 9.97 Å². The summed E-state index contributed by atoms with van der Waals surface area (Å²) in [5.74, 6) is 1.29. The Kier molecular flexibility index (Phi) is 6.17. The molecule has 0 spiro atoms. The predicted molar refractivity (Wildman–Crippen MR) is 85.5 cm³/mol. The van der Waals surface area contributed by atoms with Crippen LogP contribution >= 0.6 is 12.4 Å². The van der Waals surface area contributed by atoms with E-state index < -0.39 is 16.9 Å². The van der Waals surface area contributed by atoms with Gasteiger partial charge in [0.05, 0.1) is 28.9 Å². The normalized spacial score (nSPS) is 12.0. The van der Waals surface area contributed by atoms with Crippen LogP contribution in [0.4, 0.5) is 10.7 Å². The van der Waals surface area contributed by atoms with E-state index >= 15 is 0 Å². The number of hydrogen-bond donors (Lipinski definition) is 2. The van der Waals surface area contributed by atoms with Gasteiger partial charge in [0.2, 0.25) is 5.95 Å². The summed E-state index contributed by atoms with van der Waals surface area (Å²) in [5, 5.41) is 2.46. The minimum Gasteiger partial charge on any atom is -0.453 e. The molecule has 2 aromatic rings. The zero-order chi connectivity index (χ0) is 14.7. The second-order valence-corrected chi connectivity index (χ2v) is 6.28. The third kappa shape index (κ3) is 4.44. The number of imidazole rings is 1. The lowest BCUT2D eigenvalue weighted by molar-refractivity contribution is 0.186. The first-order valence-electron chi connectivity index (χ1n) is 6.22. The Bertz CT molecular complexity index is 657. The van der Waals surface area contributed by atoms with Gasteiger partial charge in [-0.25, -0.2) is 9.78 Å². The summed E-state index contributed by atoms with van der Waals surface area (Å²) in [7, 11) is 0.250. The molecule has 0 aliphatic carbocycles.